The molecule has 0 saturated heterocycles. The summed E-state index contributed by atoms with van der Waals surface area (Å²) in [5, 5.41) is 7.51. The number of aromatic nitrogens is 3. The number of hydrogen-bond acceptors (Lipinski definition) is 5. The van der Waals surface area contributed by atoms with E-state index < -0.39 is 0 Å². The molecule has 0 aliphatic carbocycles. The fraction of sp³-hybridized carbons (Fsp3) is 0.0476. The van der Waals surface area contributed by atoms with Gasteiger partial charge < -0.3 is 9.84 Å². The van der Waals surface area contributed by atoms with Crippen molar-refractivity contribution in [2.45, 2.75) is 6.42 Å². The molecule has 0 radical (unpaired) electrons. The molecule has 1 amide bonds. The van der Waals surface area contributed by atoms with Gasteiger partial charge in [-0.1, -0.05) is 35.0 Å². The highest BCUT2D eigenvalue weighted by atomic mass is 35.5. The van der Waals surface area contributed by atoms with E-state index in [4.69, 9.17) is 16.1 Å². The Kier molecular flexibility index (Phi) is 5.12. The number of hydrogen-bond donors (Lipinski definition) is 1. The Morgan fingerprint density at radius 3 is 2.64 bits per heavy atom. The molecule has 0 atom stereocenters. The Morgan fingerprint density at radius 1 is 1.04 bits per heavy atom. The number of rotatable bonds is 5. The maximum Gasteiger partial charge on any atom is 0.255 e. The quantitative estimate of drug-likeness (QED) is 0.537. The Hall–Kier alpha value is -3.51. The van der Waals surface area contributed by atoms with Crippen molar-refractivity contribution >= 4 is 23.2 Å². The van der Waals surface area contributed by atoms with Crippen LogP contribution in [0.25, 0.3) is 11.4 Å². The number of carbonyl (C=O) groups is 1. The monoisotopic (exact) mass is 390 g/mol. The number of amides is 1. The summed E-state index contributed by atoms with van der Waals surface area (Å²) in [6, 6.07) is 17.9. The third-order valence-corrected chi connectivity index (χ3v) is 4.35. The lowest BCUT2D eigenvalue weighted by atomic mass is 10.1. The SMILES string of the molecule is O=C(Nc1ccccc1Cc1nc(-c2cccnc2)no1)c1ccc(Cl)cc1. The Balaban J connectivity index is 1.53. The molecule has 28 heavy (non-hydrogen) atoms. The molecule has 0 spiro atoms. The van der Waals surface area contributed by atoms with Crippen LogP contribution in [0.15, 0.2) is 77.6 Å². The summed E-state index contributed by atoms with van der Waals surface area (Å²) in [5.74, 6) is 0.712. The normalized spacial score (nSPS) is 10.6. The second-order valence-electron chi connectivity index (χ2n) is 6.05. The number of anilines is 1. The van der Waals surface area contributed by atoms with Gasteiger partial charge in [-0.25, -0.2) is 0 Å². The molecule has 0 fully saturated rings. The fourth-order valence-electron chi connectivity index (χ4n) is 2.69. The Labute approximate surface area is 166 Å². The zero-order valence-electron chi connectivity index (χ0n) is 14.7. The smallest absolute Gasteiger partial charge is 0.255 e. The van der Waals surface area contributed by atoms with Crippen molar-refractivity contribution in [2.75, 3.05) is 5.32 Å². The summed E-state index contributed by atoms with van der Waals surface area (Å²) in [6.45, 7) is 0. The third-order valence-electron chi connectivity index (χ3n) is 4.10. The molecule has 2 aromatic heterocycles. The van der Waals surface area contributed by atoms with Crippen LogP contribution in [-0.4, -0.2) is 21.0 Å². The molecule has 138 valence electrons. The van der Waals surface area contributed by atoms with Crippen LogP contribution in [0, 0.1) is 0 Å². The van der Waals surface area contributed by atoms with Gasteiger partial charge in [0.15, 0.2) is 0 Å². The zero-order chi connectivity index (χ0) is 19.3. The minimum Gasteiger partial charge on any atom is -0.339 e. The van der Waals surface area contributed by atoms with Gasteiger partial charge >= 0.3 is 0 Å². The van der Waals surface area contributed by atoms with Crippen LogP contribution < -0.4 is 5.32 Å². The van der Waals surface area contributed by atoms with E-state index >= 15 is 0 Å². The molecular formula is C21H15ClN4O2. The van der Waals surface area contributed by atoms with E-state index in [9.17, 15) is 4.79 Å². The van der Waals surface area contributed by atoms with Crippen molar-refractivity contribution in [1.82, 2.24) is 15.1 Å². The number of halogens is 1. The largest absolute Gasteiger partial charge is 0.339 e. The first-order valence-electron chi connectivity index (χ1n) is 8.57. The van der Waals surface area contributed by atoms with Crippen LogP contribution in [0.1, 0.15) is 21.8 Å². The van der Waals surface area contributed by atoms with E-state index in [1.807, 2.05) is 36.4 Å². The molecular weight excluding hydrogens is 376 g/mol. The van der Waals surface area contributed by atoms with E-state index in [0.717, 1.165) is 11.1 Å². The molecule has 2 heterocycles. The maximum absolute atomic E-state index is 12.5. The first kappa shape index (κ1) is 17.9. The summed E-state index contributed by atoms with van der Waals surface area (Å²) < 4.78 is 5.36. The number of nitrogens with one attached hydrogen (secondary N) is 1. The van der Waals surface area contributed by atoms with Crippen molar-refractivity contribution in [3.05, 3.63) is 95.1 Å². The van der Waals surface area contributed by atoms with Gasteiger partial charge in [-0.2, -0.15) is 4.98 Å². The fourth-order valence-corrected chi connectivity index (χ4v) is 2.82. The molecule has 7 heteroatoms. The second-order valence-corrected chi connectivity index (χ2v) is 6.48. The average molecular weight is 391 g/mol. The molecule has 0 unspecified atom stereocenters. The van der Waals surface area contributed by atoms with Crippen molar-refractivity contribution in [2.24, 2.45) is 0 Å². The molecule has 2 aromatic carbocycles. The zero-order valence-corrected chi connectivity index (χ0v) is 15.4. The summed E-state index contributed by atoms with van der Waals surface area (Å²) in [5.41, 5.74) is 2.85. The minimum absolute atomic E-state index is 0.217. The van der Waals surface area contributed by atoms with Gasteiger partial charge in [0.2, 0.25) is 11.7 Å². The van der Waals surface area contributed by atoms with Gasteiger partial charge in [0.05, 0.1) is 6.42 Å². The van der Waals surface area contributed by atoms with Crippen molar-refractivity contribution in [3.63, 3.8) is 0 Å². The first-order chi connectivity index (χ1) is 13.7. The van der Waals surface area contributed by atoms with E-state index in [2.05, 4.69) is 20.4 Å². The average Bonchev–Trinajstić information content (AvgIpc) is 3.19. The lowest BCUT2D eigenvalue weighted by Gasteiger charge is -2.10. The summed E-state index contributed by atoms with van der Waals surface area (Å²) in [4.78, 5) is 21.0. The maximum atomic E-state index is 12.5. The highest BCUT2D eigenvalue weighted by Gasteiger charge is 2.13. The van der Waals surface area contributed by atoms with Gasteiger partial charge in [0, 0.05) is 34.2 Å². The molecule has 0 saturated carbocycles. The van der Waals surface area contributed by atoms with Gasteiger partial charge in [-0.05, 0) is 48.0 Å². The second kappa shape index (κ2) is 8.02. The molecule has 0 aliphatic rings. The van der Waals surface area contributed by atoms with Gasteiger partial charge in [-0.15, -0.1) is 0 Å². The molecule has 4 aromatic rings. The van der Waals surface area contributed by atoms with Crippen LogP contribution >= 0.6 is 11.6 Å². The van der Waals surface area contributed by atoms with E-state index in [0.29, 0.717) is 34.4 Å². The number of carbonyl (C=O) groups excluding carboxylic acids is 1. The van der Waals surface area contributed by atoms with Crippen LogP contribution in [0.2, 0.25) is 5.02 Å². The number of nitrogens with zero attached hydrogens (tertiary/aromatic N) is 3. The van der Waals surface area contributed by atoms with Gasteiger partial charge in [0.25, 0.3) is 5.91 Å². The van der Waals surface area contributed by atoms with Crippen molar-refractivity contribution in [1.29, 1.82) is 0 Å². The topological polar surface area (TPSA) is 80.9 Å². The lowest BCUT2D eigenvalue weighted by molar-refractivity contribution is 0.102. The van der Waals surface area contributed by atoms with Crippen LogP contribution in [0.4, 0.5) is 5.69 Å². The summed E-state index contributed by atoms with van der Waals surface area (Å²) >= 11 is 5.88. The molecule has 1 N–H and O–H groups in total. The highest BCUT2D eigenvalue weighted by Crippen LogP contribution is 2.21. The van der Waals surface area contributed by atoms with E-state index in [-0.39, 0.29) is 5.91 Å². The van der Waals surface area contributed by atoms with Crippen molar-refractivity contribution in [3.8, 4) is 11.4 Å². The molecule has 4 rings (SSSR count). The predicted octanol–water partition coefficient (Wildman–Crippen LogP) is 4.63. The predicted molar refractivity (Wildman–Crippen MR) is 106 cm³/mol. The highest BCUT2D eigenvalue weighted by molar-refractivity contribution is 6.30. The number of para-hydroxylation sites is 1. The van der Waals surface area contributed by atoms with Crippen LogP contribution in [0.3, 0.4) is 0 Å². The Morgan fingerprint density at radius 2 is 1.86 bits per heavy atom. The third kappa shape index (κ3) is 4.07. The van der Waals surface area contributed by atoms with E-state index in [1.54, 1.807) is 36.7 Å². The van der Waals surface area contributed by atoms with Gasteiger partial charge in [0.1, 0.15) is 0 Å². The standard InChI is InChI=1S/C21H15ClN4O2/c22-17-9-7-14(8-10-17)21(27)24-18-6-2-1-4-15(18)12-19-25-20(26-28-19)16-5-3-11-23-13-16/h1-11,13H,12H2,(H,24,27). The molecule has 6 nitrogen and oxygen atoms in total. The van der Waals surface area contributed by atoms with Crippen LogP contribution in [0.5, 0.6) is 0 Å². The lowest BCUT2D eigenvalue weighted by Crippen LogP contribution is -2.13. The van der Waals surface area contributed by atoms with E-state index in [1.165, 1.54) is 0 Å². The van der Waals surface area contributed by atoms with Crippen molar-refractivity contribution < 1.29 is 9.32 Å². The first-order valence-corrected chi connectivity index (χ1v) is 8.94. The minimum atomic E-state index is -0.217. The molecule has 0 aliphatic heterocycles. The Bertz CT molecular complexity index is 1090. The van der Waals surface area contributed by atoms with Crippen LogP contribution in [-0.2, 0) is 6.42 Å². The molecule has 0 bridgehead atoms. The number of pyridine rings is 1. The van der Waals surface area contributed by atoms with Gasteiger partial charge in [-0.3, -0.25) is 9.78 Å². The summed E-state index contributed by atoms with van der Waals surface area (Å²) in [6.07, 6.45) is 3.75. The summed E-state index contributed by atoms with van der Waals surface area (Å²) in [7, 11) is 0. The number of benzene rings is 2.